The van der Waals surface area contributed by atoms with Crippen LogP contribution in [0.2, 0.25) is 0 Å². The smallest absolute Gasteiger partial charge is 0.406 e. The van der Waals surface area contributed by atoms with Gasteiger partial charge in [-0.05, 0) is 43.3 Å². The predicted molar refractivity (Wildman–Crippen MR) is 88.6 cm³/mol. The Hall–Kier alpha value is -3.16. The van der Waals surface area contributed by atoms with Crippen LogP contribution < -0.4 is 10.1 Å². The van der Waals surface area contributed by atoms with Gasteiger partial charge in [-0.25, -0.2) is 14.4 Å². The average molecular weight is 363 g/mol. The van der Waals surface area contributed by atoms with Gasteiger partial charge < -0.3 is 10.1 Å². The molecule has 0 spiro atoms. The number of rotatable bonds is 4. The highest BCUT2D eigenvalue weighted by Gasteiger charge is 2.30. The number of ether oxygens (including phenoxy) is 1. The first-order chi connectivity index (χ1) is 12.3. The van der Waals surface area contributed by atoms with Gasteiger partial charge in [-0.15, -0.1) is 13.2 Å². The summed E-state index contributed by atoms with van der Waals surface area (Å²) in [4.78, 5) is 8.44. The minimum Gasteiger partial charge on any atom is -0.406 e. The van der Waals surface area contributed by atoms with Gasteiger partial charge >= 0.3 is 6.36 Å². The maximum atomic E-state index is 14.0. The van der Waals surface area contributed by atoms with Gasteiger partial charge in [0.1, 0.15) is 23.2 Å². The Labute approximate surface area is 146 Å². The summed E-state index contributed by atoms with van der Waals surface area (Å²) in [5.41, 5.74) is 1.22. The van der Waals surface area contributed by atoms with E-state index in [2.05, 4.69) is 20.0 Å². The first kappa shape index (κ1) is 17.7. The number of nitrogens with one attached hydrogen (secondary N) is 1. The highest BCUT2D eigenvalue weighted by atomic mass is 19.4. The molecule has 0 bridgehead atoms. The minimum absolute atomic E-state index is 0.325. The maximum absolute atomic E-state index is 14.0. The zero-order valence-corrected chi connectivity index (χ0v) is 13.5. The lowest BCUT2D eigenvalue weighted by molar-refractivity contribution is -0.274. The van der Waals surface area contributed by atoms with Crippen LogP contribution in [0.5, 0.6) is 5.75 Å². The standard InChI is InChI=1S/C18H13F4N3O/c1-11-23-16(14-4-2-3-5-15(14)19)10-17(24-11)25-12-6-8-13(9-7-12)26-18(20,21)22/h2-10H,1H3,(H,23,24,25). The molecule has 1 aromatic heterocycles. The van der Waals surface area contributed by atoms with Gasteiger partial charge in [0.05, 0.1) is 5.69 Å². The van der Waals surface area contributed by atoms with Crippen LogP contribution in [0.4, 0.5) is 29.1 Å². The van der Waals surface area contributed by atoms with Gasteiger partial charge in [0.25, 0.3) is 0 Å². The van der Waals surface area contributed by atoms with Gasteiger partial charge in [-0.2, -0.15) is 0 Å². The van der Waals surface area contributed by atoms with E-state index >= 15 is 0 Å². The molecule has 0 aliphatic rings. The molecule has 2 aromatic carbocycles. The average Bonchev–Trinajstić information content (AvgIpc) is 2.55. The second-order valence-corrected chi connectivity index (χ2v) is 5.36. The topological polar surface area (TPSA) is 47.0 Å². The van der Waals surface area contributed by atoms with E-state index in [1.165, 1.54) is 30.3 Å². The summed E-state index contributed by atoms with van der Waals surface area (Å²) in [5.74, 6) is 0.0738. The Bertz CT molecular complexity index is 911. The molecule has 0 amide bonds. The number of benzene rings is 2. The Kier molecular flexibility index (Phi) is 4.75. The number of aryl methyl sites for hydroxylation is 1. The minimum atomic E-state index is -4.74. The zero-order valence-electron chi connectivity index (χ0n) is 13.5. The quantitative estimate of drug-likeness (QED) is 0.645. The third-order valence-electron chi connectivity index (χ3n) is 3.35. The number of aromatic nitrogens is 2. The Balaban J connectivity index is 1.83. The highest BCUT2D eigenvalue weighted by Crippen LogP contribution is 2.27. The molecule has 3 aromatic rings. The van der Waals surface area contributed by atoms with E-state index in [0.29, 0.717) is 28.6 Å². The van der Waals surface area contributed by atoms with Crippen LogP contribution in [0.25, 0.3) is 11.3 Å². The summed E-state index contributed by atoms with van der Waals surface area (Å²) in [6.07, 6.45) is -4.74. The van der Waals surface area contributed by atoms with Crippen LogP contribution in [-0.4, -0.2) is 16.3 Å². The Morgan fingerprint density at radius 3 is 2.31 bits per heavy atom. The van der Waals surface area contributed by atoms with E-state index in [1.807, 2.05) is 0 Å². The van der Waals surface area contributed by atoms with E-state index in [1.54, 1.807) is 31.2 Å². The summed E-state index contributed by atoms with van der Waals surface area (Å²) in [6.45, 7) is 1.66. The van der Waals surface area contributed by atoms with Crippen LogP contribution in [-0.2, 0) is 0 Å². The third-order valence-corrected chi connectivity index (χ3v) is 3.35. The second kappa shape index (κ2) is 6.99. The van der Waals surface area contributed by atoms with Gasteiger partial charge in [0, 0.05) is 17.3 Å². The van der Waals surface area contributed by atoms with Crippen LogP contribution in [0.3, 0.4) is 0 Å². The van der Waals surface area contributed by atoms with Crippen molar-refractivity contribution in [3.63, 3.8) is 0 Å². The van der Waals surface area contributed by atoms with Gasteiger partial charge in [0.2, 0.25) is 0 Å². The number of halogens is 4. The van der Waals surface area contributed by atoms with Crippen molar-refractivity contribution in [3.05, 3.63) is 66.2 Å². The molecule has 8 heteroatoms. The Morgan fingerprint density at radius 1 is 0.962 bits per heavy atom. The van der Waals surface area contributed by atoms with E-state index in [0.717, 1.165) is 0 Å². The van der Waals surface area contributed by atoms with Crippen molar-refractivity contribution in [2.75, 3.05) is 5.32 Å². The van der Waals surface area contributed by atoms with Crippen molar-refractivity contribution in [2.45, 2.75) is 13.3 Å². The third kappa shape index (κ3) is 4.47. The molecule has 26 heavy (non-hydrogen) atoms. The lowest BCUT2D eigenvalue weighted by Gasteiger charge is -2.11. The van der Waals surface area contributed by atoms with Crippen LogP contribution in [0.15, 0.2) is 54.6 Å². The molecular formula is C18H13F4N3O. The monoisotopic (exact) mass is 363 g/mol. The normalized spacial score (nSPS) is 11.3. The molecule has 1 heterocycles. The summed E-state index contributed by atoms with van der Waals surface area (Å²) < 4.78 is 54.3. The molecule has 1 N–H and O–H groups in total. The molecule has 0 atom stereocenters. The molecule has 0 radical (unpaired) electrons. The highest BCUT2D eigenvalue weighted by molar-refractivity contribution is 5.66. The van der Waals surface area contributed by atoms with Crippen molar-refractivity contribution in [1.82, 2.24) is 9.97 Å². The molecular weight excluding hydrogens is 350 g/mol. The van der Waals surface area contributed by atoms with Crippen molar-refractivity contribution >= 4 is 11.5 Å². The Morgan fingerprint density at radius 2 is 1.65 bits per heavy atom. The van der Waals surface area contributed by atoms with E-state index in [-0.39, 0.29) is 5.75 Å². The van der Waals surface area contributed by atoms with Gasteiger partial charge in [-0.1, -0.05) is 12.1 Å². The van der Waals surface area contributed by atoms with Crippen LogP contribution in [0, 0.1) is 12.7 Å². The van der Waals surface area contributed by atoms with Crippen LogP contribution >= 0.6 is 0 Å². The number of alkyl halides is 3. The van der Waals surface area contributed by atoms with Gasteiger partial charge in [-0.3, -0.25) is 0 Å². The fourth-order valence-electron chi connectivity index (χ4n) is 2.33. The number of hydrogen-bond acceptors (Lipinski definition) is 4. The molecule has 134 valence electrons. The zero-order chi connectivity index (χ0) is 18.7. The van der Waals surface area contributed by atoms with Gasteiger partial charge in [0.15, 0.2) is 0 Å². The molecule has 0 aliphatic carbocycles. The molecule has 0 saturated heterocycles. The molecule has 0 aliphatic heterocycles. The second-order valence-electron chi connectivity index (χ2n) is 5.36. The lowest BCUT2D eigenvalue weighted by atomic mass is 10.1. The first-order valence-corrected chi connectivity index (χ1v) is 7.53. The van der Waals surface area contributed by atoms with Crippen molar-refractivity contribution in [1.29, 1.82) is 0 Å². The number of nitrogens with zero attached hydrogens (tertiary/aromatic N) is 2. The van der Waals surface area contributed by atoms with Crippen molar-refractivity contribution in [3.8, 4) is 17.0 Å². The largest absolute Gasteiger partial charge is 0.573 e. The fraction of sp³-hybridized carbons (Fsp3) is 0.111. The number of anilines is 2. The summed E-state index contributed by atoms with van der Waals surface area (Å²) in [7, 11) is 0. The lowest BCUT2D eigenvalue weighted by Crippen LogP contribution is -2.16. The van der Waals surface area contributed by atoms with E-state index in [4.69, 9.17) is 0 Å². The maximum Gasteiger partial charge on any atom is 0.573 e. The molecule has 0 unspecified atom stereocenters. The fourth-order valence-corrected chi connectivity index (χ4v) is 2.33. The van der Waals surface area contributed by atoms with Crippen molar-refractivity contribution in [2.24, 2.45) is 0 Å². The van der Waals surface area contributed by atoms with Crippen LogP contribution in [0.1, 0.15) is 5.82 Å². The van der Waals surface area contributed by atoms with E-state index in [9.17, 15) is 17.6 Å². The molecule has 4 nitrogen and oxygen atoms in total. The molecule has 3 rings (SSSR count). The summed E-state index contributed by atoms with van der Waals surface area (Å²) >= 11 is 0. The molecule has 0 fully saturated rings. The number of hydrogen-bond donors (Lipinski definition) is 1. The SMILES string of the molecule is Cc1nc(Nc2ccc(OC(F)(F)F)cc2)cc(-c2ccccc2F)n1. The van der Waals surface area contributed by atoms with Crippen molar-refractivity contribution < 1.29 is 22.3 Å². The molecule has 0 saturated carbocycles. The predicted octanol–water partition coefficient (Wildman–Crippen LogP) is 5.23. The van der Waals surface area contributed by atoms with E-state index < -0.39 is 12.2 Å². The summed E-state index contributed by atoms with van der Waals surface area (Å²) in [6, 6.07) is 13.0. The first-order valence-electron chi connectivity index (χ1n) is 7.53. The summed E-state index contributed by atoms with van der Waals surface area (Å²) in [5, 5.41) is 2.95.